The normalized spacial score (nSPS) is 16.4. The van der Waals surface area contributed by atoms with Gasteiger partial charge in [-0.25, -0.2) is 0 Å². The van der Waals surface area contributed by atoms with Gasteiger partial charge >= 0.3 is 6.18 Å². The minimum absolute atomic E-state index is 0.160. The second-order valence-electron chi connectivity index (χ2n) is 8.56. The van der Waals surface area contributed by atoms with Crippen molar-refractivity contribution in [1.82, 2.24) is 9.47 Å². The molecule has 3 N–H and O–H groups in total. The molecule has 0 amide bonds. The number of nitrogens with zero attached hydrogens (tertiary/aromatic N) is 2. The molecule has 0 saturated carbocycles. The average Bonchev–Trinajstić information content (AvgIpc) is 3.31. The Balaban J connectivity index is 1.48. The Morgan fingerprint density at radius 1 is 1.09 bits per heavy atom. The van der Waals surface area contributed by atoms with Gasteiger partial charge in [0, 0.05) is 54.5 Å². The summed E-state index contributed by atoms with van der Waals surface area (Å²) in [5.41, 5.74) is 1.95. The van der Waals surface area contributed by atoms with Crippen molar-refractivity contribution in [3.63, 3.8) is 0 Å². The van der Waals surface area contributed by atoms with Crippen LogP contribution in [-0.2, 0) is 6.18 Å². The summed E-state index contributed by atoms with van der Waals surface area (Å²) in [6, 6.07) is 13.3. The summed E-state index contributed by atoms with van der Waals surface area (Å²) in [4.78, 5) is 15.0. The summed E-state index contributed by atoms with van der Waals surface area (Å²) < 4.78 is 39.8. The zero-order chi connectivity index (χ0) is 25.0. The third kappa shape index (κ3) is 5.63. The summed E-state index contributed by atoms with van der Waals surface area (Å²) in [5, 5.41) is 20.6. The molecule has 0 bridgehead atoms. The standard InChI is InChI=1S/C26H27F3N4O2/c27-26(28,29)21-5-3-18(4-6-21)19-9-12-33(25(35)15-19)22-7-8-24(20(14-22)16-30)31-10-13-32-11-1-2-23(32)17-34/h3-9,12,14-16,23,30-31,34H,1-2,10-11,13,17H2/t23-/m1/s1. The first kappa shape index (κ1) is 24.7. The van der Waals surface area contributed by atoms with Gasteiger partial charge in [0.2, 0.25) is 0 Å². The number of alkyl halides is 3. The lowest BCUT2D eigenvalue weighted by molar-refractivity contribution is -0.137. The molecule has 1 aliphatic rings. The highest BCUT2D eigenvalue weighted by molar-refractivity contribution is 5.86. The Labute approximate surface area is 201 Å². The van der Waals surface area contributed by atoms with Crippen molar-refractivity contribution >= 4 is 11.9 Å². The molecule has 1 aliphatic heterocycles. The van der Waals surface area contributed by atoms with E-state index >= 15 is 0 Å². The van der Waals surface area contributed by atoms with Crippen LogP contribution < -0.4 is 10.9 Å². The zero-order valence-electron chi connectivity index (χ0n) is 19.1. The van der Waals surface area contributed by atoms with Crippen molar-refractivity contribution in [2.45, 2.75) is 25.1 Å². The first-order valence-electron chi connectivity index (χ1n) is 11.4. The summed E-state index contributed by atoms with van der Waals surface area (Å²) >= 11 is 0. The second-order valence-corrected chi connectivity index (χ2v) is 8.56. The van der Waals surface area contributed by atoms with Crippen LogP contribution in [0.2, 0.25) is 0 Å². The molecule has 2 aromatic carbocycles. The maximum absolute atomic E-state index is 12.8. The van der Waals surface area contributed by atoms with Gasteiger partial charge in [-0.3, -0.25) is 14.3 Å². The molecule has 1 aromatic heterocycles. The van der Waals surface area contributed by atoms with Gasteiger partial charge in [-0.15, -0.1) is 0 Å². The molecule has 1 saturated heterocycles. The van der Waals surface area contributed by atoms with Crippen LogP contribution in [0.1, 0.15) is 24.0 Å². The van der Waals surface area contributed by atoms with E-state index in [9.17, 15) is 23.1 Å². The number of aromatic nitrogens is 1. The number of hydrogen-bond donors (Lipinski definition) is 3. The molecule has 184 valence electrons. The fourth-order valence-corrected chi connectivity index (χ4v) is 4.43. The topological polar surface area (TPSA) is 81.4 Å². The van der Waals surface area contributed by atoms with E-state index in [-0.39, 0.29) is 18.2 Å². The molecule has 2 heterocycles. The van der Waals surface area contributed by atoms with Crippen LogP contribution in [0.5, 0.6) is 0 Å². The van der Waals surface area contributed by atoms with Crippen molar-refractivity contribution in [2.75, 3.05) is 31.6 Å². The second kappa shape index (κ2) is 10.5. The molecule has 6 nitrogen and oxygen atoms in total. The van der Waals surface area contributed by atoms with Gasteiger partial charge in [-0.2, -0.15) is 13.2 Å². The highest BCUT2D eigenvalue weighted by Crippen LogP contribution is 2.31. The molecular formula is C26H27F3N4O2. The van der Waals surface area contributed by atoms with E-state index in [0.717, 1.165) is 43.8 Å². The molecule has 3 aromatic rings. The number of aliphatic hydroxyl groups is 1. The number of nitrogens with one attached hydrogen (secondary N) is 2. The van der Waals surface area contributed by atoms with Gasteiger partial charge < -0.3 is 15.8 Å². The largest absolute Gasteiger partial charge is 0.416 e. The Bertz CT molecular complexity index is 1240. The van der Waals surface area contributed by atoms with Gasteiger partial charge in [-0.1, -0.05) is 12.1 Å². The van der Waals surface area contributed by atoms with Crippen LogP contribution in [0, 0.1) is 5.41 Å². The monoisotopic (exact) mass is 484 g/mol. The third-order valence-corrected chi connectivity index (χ3v) is 6.36. The van der Waals surface area contributed by atoms with E-state index in [1.807, 2.05) is 6.07 Å². The molecule has 9 heteroatoms. The number of aliphatic hydroxyl groups excluding tert-OH is 1. The maximum Gasteiger partial charge on any atom is 0.416 e. The lowest BCUT2D eigenvalue weighted by Crippen LogP contribution is -2.35. The van der Waals surface area contributed by atoms with E-state index in [1.54, 1.807) is 24.4 Å². The summed E-state index contributed by atoms with van der Waals surface area (Å²) in [7, 11) is 0. The summed E-state index contributed by atoms with van der Waals surface area (Å²) in [6.45, 7) is 2.58. The third-order valence-electron chi connectivity index (χ3n) is 6.36. The number of benzene rings is 2. The Hall–Kier alpha value is -3.43. The van der Waals surface area contributed by atoms with Crippen molar-refractivity contribution in [2.24, 2.45) is 0 Å². The number of rotatable bonds is 8. The first-order valence-corrected chi connectivity index (χ1v) is 11.4. The van der Waals surface area contributed by atoms with Crippen molar-refractivity contribution in [3.05, 3.63) is 82.3 Å². The highest BCUT2D eigenvalue weighted by Gasteiger charge is 2.30. The number of pyridine rings is 1. The fourth-order valence-electron chi connectivity index (χ4n) is 4.43. The molecule has 35 heavy (non-hydrogen) atoms. The lowest BCUT2D eigenvalue weighted by atomic mass is 10.0. The van der Waals surface area contributed by atoms with Crippen molar-refractivity contribution in [1.29, 1.82) is 5.41 Å². The SMILES string of the molecule is N=Cc1cc(-n2ccc(-c3ccc(C(F)(F)F)cc3)cc2=O)ccc1NCCN1CCC[C@@H]1CO. The van der Waals surface area contributed by atoms with Crippen LogP contribution in [0.4, 0.5) is 18.9 Å². The molecule has 0 unspecified atom stereocenters. The Kier molecular flexibility index (Phi) is 7.37. The van der Waals surface area contributed by atoms with Crippen LogP contribution in [-0.4, -0.2) is 53.1 Å². The number of halogens is 3. The quantitative estimate of drug-likeness (QED) is 0.415. The van der Waals surface area contributed by atoms with Crippen LogP contribution in [0.25, 0.3) is 16.8 Å². The molecule has 0 spiro atoms. The van der Waals surface area contributed by atoms with E-state index in [2.05, 4.69) is 10.2 Å². The number of anilines is 1. The van der Waals surface area contributed by atoms with Gasteiger partial charge in [0.05, 0.1) is 12.2 Å². The fraction of sp³-hybridized carbons (Fsp3) is 0.308. The smallest absolute Gasteiger partial charge is 0.395 e. The van der Waals surface area contributed by atoms with Crippen molar-refractivity contribution in [3.8, 4) is 16.8 Å². The lowest BCUT2D eigenvalue weighted by Gasteiger charge is -2.23. The average molecular weight is 485 g/mol. The van der Waals surface area contributed by atoms with Crippen LogP contribution in [0.15, 0.2) is 65.6 Å². The molecule has 0 aliphatic carbocycles. The van der Waals surface area contributed by atoms with Crippen LogP contribution >= 0.6 is 0 Å². The minimum Gasteiger partial charge on any atom is -0.395 e. The maximum atomic E-state index is 12.8. The van der Waals surface area contributed by atoms with Gasteiger partial charge in [-0.05, 0) is 66.9 Å². The number of likely N-dealkylation sites (tertiary alicyclic amines) is 1. The molecule has 1 fully saturated rings. The Morgan fingerprint density at radius 2 is 1.86 bits per heavy atom. The Morgan fingerprint density at radius 3 is 2.51 bits per heavy atom. The predicted molar refractivity (Wildman–Crippen MR) is 131 cm³/mol. The minimum atomic E-state index is -4.41. The zero-order valence-corrected chi connectivity index (χ0v) is 19.1. The van der Waals surface area contributed by atoms with E-state index in [4.69, 9.17) is 5.41 Å². The molecule has 0 radical (unpaired) electrons. The predicted octanol–water partition coefficient (Wildman–Crippen LogP) is 4.39. The summed E-state index contributed by atoms with van der Waals surface area (Å²) in [5.74, 6) is 0. The van der Waals surface area contributed by atoms with Gasteiger partial charge in [0.1, 0.15) is 0 Å². The number of hydrogen-bond acceptors (Lipinski definition) is 5. The van der Waals surface area contributed by atoms with Crippen LogP contribution in [0.3, 0.4) is 0 Å². The highest BCUT2D eigenvalue weighted by atomic mass is 19.4. The van der Waals surface area contributed by atoms with Gasteiger partial charge in [0.25, 0.3) is 5.56 Å². The molecule has 4 rings (SSSR count). The first-order chi connectivity index (χ1) is 16.8. The van der Waals surface area contributed by atoms with E-state index in [0.29, 0.717) is 28.9 Å². The molecular weight excluding hydrogens is 457 g/mol. The summed E-state index contributed by atoms with van der Waals surface area (Å²) in [6.07, 6.45) is 0.473. The van der Waals surface area contributed by atoms with E-state index < -0.39 is 11.7 Å². The van der Waals surface area contributed by atoms with Gasteiger partial charge in [0.15, 0.2) is 0 Å². The molecule has 1 atom stereocenters. The van der Waals surface area contributed by atoms with E-state index in [1.165, 1.54) is 29.0 Å². The van der Waals surface area contributed by atoms with Crippen molar-refractivity contribution < 1.29 is 18.3 Å².